The van der Waals surface area contributed by atoms with Crippen LogP contribution in [-0.2, 0) is 11.2 Å². The highest BCUT2D eigenvalue weighted by Crippen LogP contribution is 2.31. The molecule has 0 aromatic heterocycles. The molecule has 0 bridgehead atoms. The van der Waals surface area contributed by atoms with E-state index in [0.717, 1.165) is 5.56 Å². The average molecular weight is 338 g/mol. The van der Waals surface area contributed by atoms with Gasteiger partial charge in [0.15, 0.2) is 11.5 Å². The third kappa shape index (κ3) is 3.46. The van der Waals surface area contributed by atoms with Gasteiger partial charge in [0.25, 0.3) is 0 Å². The molecule has 2 aromatic carbocycles. The van der Waals surface area contributed by atoms with E-state index in [9.17, 15) is 4.79 Å². The Kier molecular flexibility index (Phi) is 4.41. The van der Waals surface area contributed by atoms with Gasteiger partial charge in [-0.2, -0.15) is 0 Å². The van der Waals surface area contributed by atoms with Crippen molar-refractivity contribution in [3.8, 4) is 11.5 Å². The fraction of sp³-hybridized carbons (Fsp3) is 0.188. The number of carbonyl (C=O) groups excluding carboxylic acids is 1. The maximum atomic E-state index is 12.1. The van der Waals surface area contributed by atoms with Crippen LogP contribution in [0, 0.1) is 0 Å². The normalized spacial score (nSPS) is 12.8. The first-order valence-corrected chi connectivity index (χ1v) is 7.51. The molecule has 0 fully saturated rings. The first kappa shape index (κ1) is 15.0. The van der Waals surface area contributed by atoms with Crippen LogP contribution in [0.2, 0.25) is 10.0 Å². The molecule has 0 unspecified atom stereocenters. The SMILES string of the molecule is O=C(Cc1ccc2c(c1)OCCO2)Nc1ccc(Cl)c(Cl)c1. The number of amides is 1. The average Bonchev–Trinajstić information content (AvgIpc) is 2.51. The maximum absolute atomic E-state index is 12.1. The second kappa shape index (κ2) is 6.46. The number of benzene rings is 2. The Bertz CT molecular complexity index is 719. The van der Waals surface area contributed by atoms with E-state index < -0.39 is 0 Å². The molecule has 22 heavy (non-hydrogen) atoms. The summed E-state index contributed by atoms with van der Waals surface area (Å²) in [7, 11) is 0. The molecule has 0 saturated carbocycles. The Morgan fingerprint density at radius 2 is 1.77 bits per heavy atom. The number of halogens is 2. The second-order valence-electron chi connectivity index (χ2n) is 4.83. The lowest BCUT2D eigenvalue weighted by Crippen LogP contribution is -2.17. The summed E-state index contributed by atoms with van der Waals surface area (Å²) in [6, 6.07) is 10.5. The van der Waals surface area contributed by atoms with Crippen molar-refractivity contribution in [3.05, 3.63) is 52.0 Å². The van der Waals surface area contributed by atoms with Crippen LogP contribution in [0.3, 0.4) is 0 Å². The predicted molar refractivity (Wildman–Crippen MR) is 86.2 cm³/mol. The van der Waals surface area contributed by atoms with E-state index in [-0.39, 0.29) is 12.3 Å². The molecular formula is C16H13Cl2NO3. The van der Waals surface area contributed by atoms with Crippen molar-refractivity contribution >= 4 is 34.8 Å². The Morgan fingerprint density at radius 3 is 2.55 bits per heavy atom. The van der Waals surface area contributed by atoms with Gasteiger partial charge >= 0.3 is 0 Å². The van der Waals surface area contributed by atoms with Gasteiger partial charge in [0.1, 0.15) is 13.2 Å². The quantitative estimate of drug-likeness (QED) is 0.922. The predicted octanol–water partition coefficient (Wildman–Crippen LogP) is 3.95. The van der Waals surface area contributed by atoms with Crippen molar-refractivity contribution in [1.82, 2.24) is 0 Å². The zero-order valence-corrected chi connectivity index (χ0v) is 13.1. The molecule has 4 nitrogen and oxygen atoms in total. The lowest BCUT2D eigenvalue weighted by atomic mass is 10.1. The molecule has 1 N–H and O–H groups in total. The van der Waals surface area contributed by atoms with Gasteiger partial charge in [-0.15, -0.1) is 0 Å². The summed E-state index contributed by atoms with van der Waals surface area (Å²) in [5.41, 5.74) is 1.46. The summed E-state index contributed by atoms with van der Waals surface area (Å²) in [6.07, 6.45) is 0.233. The van der Waals surface area contributed by atoms with Gasteiger partial charge in [0.2, 0.25) is 5.91 Å². The van der Waals surface area contributed by atoms with Crippen LogP contribution in [-0.4, -0.2) is 19.1 Å². The lowest BCUT2D eigenvalue weighted by molar-refractivity contribution is -0.115. The fourth-order valence-corrected chi connectivity index (χ4v) is 2.46. The van der Waals surface area contributed by atoms with Gasteiger partial charge in [0.05, 0.1) is 16.5 Å². The number of hydrogen-bond donors (Lipinski definition) is 1. The molecule has 2 aromatic rings. The molecule has 114 valence electrons. The Hall–Kier alpha value is -1.91. The highest BCUT2D eigenvalue weighted by molar-refractivity contribution is 6.42. The minimum atomic E-state index is -0.143. The number of ether oxygens (including phenoxy) is 2. The van der Waals surface area contributed by atoms with E-state index in [2.05, 4.69) is 5.32 Å². The molecule has 0 radical (unpaired) electrons. The van der Waals surface area contributed by atoms with E-state index in [1.165, 1.54) is 0 Å². The van der Waals surface area contributed by atoms with Crippen molar-refractivity contribution in [2.24, 2.45) is 0 Å². The molecule has 0 aliphatic carbocycles. The largest absolute Gasteiger partial charge is 0.486 e. The summed E-state index contributed by atoms with van der Waals surface area (Å²) < 4.78 is 11.0. The topological polar surface area (TPSA) is 47.6 Å². The fourth-order valence-electron chi connectivity index (χ4n) is 2.16. The summed E-state index contributed by atoms with van der Waals surface area (Å²) in [6.45, 7) is 1.07. The zero-order chi connectivity index (χ0) is 15.5. The third-order valence-electron chi connectivity index (χ3n) is 3.17. The van der Waals surface area contributed by atoms with Gasteiger partial charge in [-0.05, 0) is 35.9 Å². The first-order valence-electron chi connectivity index (χ1n) is 6.75. The van der Waals surface area contributed by atoms with Gasteiger partial charge in [0, 0.05) is 5.69 Å². The van der Waals surface area contributed by atoms with Crippen molar-refractivity contribution in [3.63, 3.8) is 0 Å². The van der Waals surface area contributed by atoms with Crippen LogP contribution < -0.4 is 14.8 Å². The summed E-state index contributed by atoms with van der Waals surface area (Å²) >= 11 is 11.8. The van der Waals surface area contributed by atoms with Crippen molar-refractivity contribution in [2.45, 2.75) is 6.42 Å². The molecular weight excluding hydrogens is 325 g/mol. The maximum Gasteiger partial charge on any atom is 0.228 e. The smallest absolute Gasteiger partial charge is 0.228 e. The van der Waals surface area contributed by atoms with Gasteiger partial charge in [-0.1, -0.05) is 29.3 Å². The Morgan fingerprint density at radius 1 is 1.00 bits per heavy atom. The minimum Gasteiger partial charge on any atom is -0.486 e. The van der Waals surface area contributed by atoms with Crippen molar-refractivity contribution in [1.29, 1.82) is 0 Å². The first-order chi connectivity index (χ1) is 10.6. The number of carbonyl (C=O) groups is 1. The molecule has 0 atom stereocenters. The highest BCUT2D eigenvalue weighted by Gasteiger charge is 2.13. The highest BCUT2D eigenvalue weighted by atomic mass is 35.5. The standard InChI is InChI=1S/C16H13Cl2NO3/c17-12-3-2-11(9-13(12)18)19-16(20)8-10-1-4-14-15(7-10)22-6-5-21-14/h1-4,7,9H,5-6,8H2,(H,19,20). The number of rotatable bonds is 3. The monoisotopic (exact) mass is 337 g/mol. The Labute approximate surface area is 137 Å². The van der Waals surface area contributed by atoms with Crippen LogP contribution in [0.25, 0.3) is 0 Å². The van der Waals surface area contributed by atoms with Crippen LogP contribution >= 0.6 is 23.2 Å². The molecule has 0 saturated heterocycles. The third-order valence-corrected chi connectivity index (χ3v) is 3.91. The molecule has 1 aliphatic rings. The van der Waals surface area contributed by atoms with E-state index in [1.54, 1.807) is 18.2 Å². The minimum absolute atomic E-state index is 0.143. The second-order valence-corrected chi connectivity index (χ2v) is 5.65. The Balaban J connectivity index is 1.67. The van der Waals surface area contributed by atoms with Crippen LogP contribution in [0.4, 0.5) is 5.69 Å². The number of hydrogen-bond acceptors (Lipinski definition) is 3. The summed E-state index contributed by atoms with van der Waals surface area (Å²) in [5.74, 6) is 1.24. The number of anilines is 1. The van der Waals surface area contributed by atoms with Crippen LogP contribution in [0.15, 0.2) is 36.4 Å². The number of fused-ring (bicyclic) bond motifs is 1. The van der Waals surface area contributed by atoms with Gasteiger partial charge in [-0.3, -0.25) is 4.79 Å². The van der Waals surface area contributed by atoms with Crippen LogP contribution in [0.5, 0.6) is 11.5 Å². The summed E-state index contributed by atoms with van der Waals surface area (Å²) in [5, 5.41) is 3.64. The van der Waals surface area contributed by atoms with E-state index >= 15 is 0 Å². The zero-order valence-electron chi connectivity index (χ0n) is 11.6. The van der Waals surface area contributed by atoms with Crippen molar-refractivity contribution < 1.29 is 14.3 Å². The molecule has 6 heteroatoms. The molecule has 0 spiro atoms. The summed E-state index contributed by atoms with van der Waals surface area (Å²) in [4.78, 5) is 12.1. The van der Waals surface area contributed by atoms with Crippen LogP contribution in [0.1, 0.15) is 5.56 Å². The van der Waals surface area contributed by atoms with E-state index in [1.807, 2.05) is 18.2 Å². The molecule has 3 rings (SSSR count). The van der Waals surface area contributed by atoms with Gasteiger partial charge in [-0.25, -0.2) is 0 Å². The van der Waals surface area contributed by atoms with E-state index in [0.29, 0.717) is 40.4 Å². The van der Waals surface area contributed by atoms with E-state index in [4.69, 9.17) is 32.7 Å². The van der Waals surface area contributed by atoms with Crippen molar-refractivity contribution in [2.75, 3.05) is 18.5 Å². The lowest BCUT2D eigenvalue weighted by Gasteiger charge is -2.18. The molecule has 1 aliphatic heterocycles. The molecule has 1 amide bonds. The van der Waals surface area contributed by atoms with Gasteiger partial charge < -0.3 is 14.8 Å². The number of nitrogens with one attached hydrogen (secondary N) is 1. The molecule has 1 heterocycles.